The van der Waals surface area contributed by atoms with Gasteiger partial charge in [-0.2, -0.15) is 0 Å². The van der Waals surface area contributed by atoms with Crippen LogP contribution in [0.4, 0.5) is 0 Å². The highest BCUT2D eigenvalue weighted by molar-refractivity contribution is 6.30. The van der Waals surface area contributed by atoms with Crippen molar-refractivity contribution in [1.29, 1.82) is 0 Å². The van der Waals surface area contributed by atoms with Gasteiger partial charge in [0.15, 0.2) is 0 Å². The van der Waals surface area contributed by atoms with E-state index >= 15 is 0 Å². The molecular formula is C16H22ClN3O. The fourth-order valence-corrected chi connectivity index (χ4v) is 3.44. The predicted octanol–water partition coefficient (Wildman–Crippen LogP) is 1.91. The van der Waals surface area contributed by atoms with Crippen molar-refractivity contribution < 1.29 is 4.79 Å². The summed E-state index contributed by atoms with van der Waals surface area (Å²) in [5.74, 6) is 0.310. The highest BCUT2D eigenvalue weighted by Gasteiger charge is 2.26. The van der Waals surface area contributed by atoms with Crippen molar-refractivity contribution in [2.75, 3.05) is 39.3 Å². The lowest BCUT2D eigenvalue weighted by atomic mass is 10.0. The predicted molar refractivity (Wildman–Crippen MR) is 84.4 cm³/mol. The quantitative estimate of drug-likeness (QED) is 0.923. The molecule has 2 aliphatic heterocycles. The molecule has 1 unspecified atom stereocenters. The molecular weight excluding hydrogens is 286 g/mol. The first-order valence-electron chi connectivity index (χ1n) is 7.72. The molecule has 0 radical (unpaired) electrons. The Hall–Kier alpha value is -1.10. The van der Waals surface area contributed by atoms with Gasteiger partial charge < -0.3 is 10.2 Å². The molecule has 0 aromatic heterocycles. The first-order chi connectivity index (χ1) is 10.2. The Bertz CT molecular complexity index is 508. The number of halogens is 1. The van der Waals surface area contributed by atoms with Gasteiger partial charge in [0.05, 0.1) is 0 Å². The minimum absolute atomic E-state index is 0.310. The zero-order valence-corrected chi connectivity index (χ0v) is 13.0. The molecule has 1 aromatic rings. The summed E-state index contributed by atoms with van der Waals surface area (Å²) >= 11 is 6.12. The maximum atomic E-state index is 11.7. The number of piperazine rings is 1. The highest BCUT2D eigenvalue weighted by Crippen LogP contribution is 2.24. The maximum absolute atomic E-state index is 11.7. The summed E-state index contributed by atoms with van der Waals surface area (Å²) in [6.07, 6.45) is 1.73. The van der Waals surface area contributed by atoms with Crippen molar-refractivity contribution in [1.82, 2.24) is 15.1 Å². The number of hydrogen-bond donors (Lipinski definition) is 1. The van der Waals surface area contributed by atoms with Crippen LogP contribution in [0.15, 0.2) is 24.3 Å². The smallest absolute Gasteiger partial charge is 0.222 e. The van der Waals surface area contributed by atoms with Gasteiger partial charge in [0, 0.05) is 56.8 Å². The summed E-state index contributed by atoms with van der Waals surface area (Å²) in [6.45, 7) is 5.66. The summed E-state index contributed by atoms with van der Waals surface area (Å²) < 4.78 is 0. The number of hydrogen-bond acceptors (Lipinski definition) is 3. The summed E-state index contributed by atoms with van der Waals surface area (Å²) in [5, 5.41) is 4.24. The normalized spacial score (nSPS) is 23.8. The molecule has 0 bridgehead atoms. The van der Waals surface area contributed by atoms with Crippen LogP contribution >= 0.6 is 11.6 Å². The Balaban J connectivity index is 1.65. The second kappa shape index (κ2) is 6.77. The van der Waals surface area contributed by atoms with Gasteiger partial charge in [-0.15, -0.1) is 0 Å². The summed E-state index contributed by atoms with van der Waals surface area (Å²) in [4.78, 5) is 16.2. The largest absolute Gasteiger partial charge is 0.341 e. The van der Waals surface area contributed by atoms with E-state index in [1.165, 1.54) is 5.56 Å². The van der Waals surface area contributed by atoms with Gasteiger partial charge in [0.1, 0.15) is 0 Å². The molecule has 0 aliphatic carbocycles. The number of nitrogens with zero attached hydrogens (tertiary/aromatic N) is 2. The molecule has 0 saturated carbocycles. The molecule has 1 amide bonds. The van der Waals surface area contributed by atoms with E-state index in [2.05, 4.69) is 16.3 Å². The molecule has 1 N–H and O–H groups in total. The van der Waals surface area contributed by atoms with Crippen LogP contribution in [0.2, 0.25) is 5.02 Å². The number of carbonyl (C=O) groups is 1. The molecule has 2 saturated heterocycles. The standard InChI is InChI=1S/C16H22ClN3O/c17-14-4-1-3-13(11-14)15-12-18-6-8-19(15)9-10-20-7-2-5-16(20)21/h1,3-4,11,15,18H,2,5-10,12H2. The number of amides is 1. The minimum Gasteiger partial charge on any atom is -0.341 e. The number of nitrogens with one attached hydrogen (secondary N) is 1. The van der Waals surface area contributed by atoms with Crippen molar-refractivity contribution in [2.45, 2.75) is 18.9 Å². The van der Waals surface area contributed by atoms with E-state index < -0.39 is 0 Å². The molecule has 5 heteroatoms. The van der Waals surface area contributed by atoms with E-state index in [4.69, 9.17) is 11.6 Å². The van der Waals surface area contributed by atoms with Crippen molar-refractivity contribution in [3.8, 4) is 0 Å². The Morgan fingerprint density at radius 3 is 2.95 bits per heavy atom. The van der Waals surface area contributed by atoms with E-state index in [9.17, 15) is 4.79 Å². The minimum atomic E-state index is 0.310. The summed E-state index contributed by atoms with van der Waals surface area (Å²) in [5.41, 5.74) is 1.25. The Morgan fingerprint density at radius 1 is 1.29 bits per heavy atom. The molecule has 3 rings (SSSR count). The van der Waals surface area contributed by atoms with Crippen LogP contribution in [0.5, 0.6) is 0 Å². The fourth-order valence-electron chi connectivity index (χ4n) is 3.25. The van der Waals surface area contributed by atoms with Gasteiger partial charge in [-0.05, 0) is 24.1 Å². The monoisotopic (exact) mass is 307 g/mol. The summed E-state index contributed by atoms with van der Waals surface area (Å²) in [7, 11) is 0. The Labute approximate surface area is 131 Å². The lowest BCUT2D eigenvalue weighted by Crippen LogP contribution is -2.48. The van der Waals surface area contributed by atoms with Crippen molar-refractivity contribution >= 4 is 17.5 Å². The molecule has 0 spiro atoms. The molecule has 4 nitrogen and oxygen atoms in total. The molecule has 1 atom stereocenters. The average Bonchev–Trinajstić information content (AvgIpc) is 2.91. The second-order valence-electron chi connectivity index (χ2n) is 5.80. The maximum Gasteiger partial charge on any atom is 0.222 e. The lowest BCUT2D eigenvalue weighted by molar-refractivity contribution is -0.127. The average molecular weight is 308 g/mol. The van der Waals surface area contributed by atoms with E-state index in [0.717, 1.165) is 57.1 Å². The number of benzene rings is 1. The third-order valence-corrected chi connectivity index (χ3v) is 4.65. The number of likely N-dealkylation sites (tertiary alicyclic amines) is 1. The molecule has 21 heavy (non-hydrogen) atoms. The van der Waals surface area contributed by atoms with Gasteiger partial charge in [-0.3, -0.25) is 9.69 Å². The van der Waals surface area contributed by atoms with Crippen molar-refractivity contribution in [3.05, 3.63) is 34.9 Å². The van der Waals surface area contributed by atoms with Crippen LogP contribution in [0.25, 0.3) is 0 Å². The van der Waals surface area contributed by atoms with E-state index in [1.807, 2.05) is 23.1 Å². The first kappa shape index (κ1) is 14.8. The van der Waals surface area contributed by atoms with E-state index in [0.29, 0.717) is 11.9 Å². The van der Waals surface area contributed by atoms with Gasteiger partial charge in [-0.25, -0.2) is 0 Å². The van der Waals surface area contributed by atoms with Crippen molar-refractivity contribution in [3.63, 3.8) is 0 Å². The first-order valence-corrected chi connectivity index (χ1v) is 8.10. The molecule has 2 heterocycles. The third-order valence-electron chi connectivity index (χ3n) is 4.42. The highest BCUT2D eigenvalue weighted by atomic mass is 35.5. The van der Waals surface area contributed by atoms with E-state index in [-0.39, 0.29) is 0 Å². The SMILES string of the molecule is O=C1CCCN1CCN1CCNCC1c1cccc(Cl)c1. The molecule has 114 valence electrons. The van der Waals surface area contributed by atoms with Gasteiger partial charge in [0.2, 0.25) is 5.91 Å². The molecule has 2 fully saturated rings. The number of rotatable bonds is 4. The van der Waals surface area contributed by atoms with E-state index in [1.54, 1.807) is 0 Å². The molecule has 2 aliphatic rings. The van der Waals surface area contributed by atoms with Crippen molar-refractivity contribution in [2.24, 2.45) is 0 Å². The lowest BCUT2D eigenvalue weighted by Gasteiger charge is -2.37. The van der Waals surface area contributed by atoms with Crippen LogP contribution < -0.4 is 5.32 Å². The summed E-state index contributed by atoms with van der Waals surface area (Å²) in [6, 6.07) is 8.45. The van der Waals surface area contributed by atoms with Crippen LogP contribution in [0, 0.1) is 0 Å². The van der Waals surface area contributed by atoms with Gasteiger partial charge in [0.25, 0.3) is 0 Å². The van der Waals surface area contributed by atoms with Crippen LogP contribution in [0.3, 0.4) is 0 Å². The Morgan fingerprint density at radius 2 is 2.19 bits per heavy atom. The van der Waals surface area contributed by atoms with Gasteiger partial charge >= 0.3 is 0 Å². The zero-order valence-electron chi connectivity index (χ0n) is 12.2. The van der Waals surface area contributed by atoms with Crippen LogP contribution in [-0.4, -0.2) is 55.0 Å². The van der Waals surface area contributed by atoms with Crippen LogP contribution in [-0.2, 0) is 4.79 Å². The van der Waals surface area contributed by atoms with Crippen LogP contribution in [0.1, 0.15) is 24.4 Å². The Kier molecular flexibility index (Phi) is 4.78. The third kappa shape index (κ3) is 3.57. The number of carbonyl (C=O) groups excluding carboxylic acids is 1. The topological polar surface area (TPSA) is 35.6 Å². The molecule has 1 aromatic carbocycles. The fraction of sp³-hybridized carbons (Fsp3) is 0.562. The second-order valence-corrected chi connectivity index (χ2v) is 6.23. The van der Waals surface area contributed by atoms with Gasteiger partial charge in [-0.1, -0.05) is 23.7 Å². The zero-order chi connectivity index (χ0) is 14.7.